The molecule has 11 amide bonds. The summed E-state index contributed by atoms with van der Waals surface area (Å²) in [6, 6.07) is 10.9. The van der Waals surface area contributed by atoms with Crippen molar-refractivity contribution in [2.45, 2.75) is 212 Å². The number of aliphatic carboxylic acids is 1. The van der Waals surface area contributed by atoms with E-state index in [4.69, 9.17) is 29.4 Å². The van der Waals surface area contributed by atoms with Gasteiger partial charge in [0.25, 0.3) is 0 Å². The molecule has 30 nitrogen and oxygen atoms in total. The summed E-state index contributed by atoms with van der Waals surface area (Å²) in [5.41, 5.74) is 6.10. The molecule has 608 valence electrons. The number of Topliss-reactive ketones (excluding diaryl/α,β-unsaturated/α-hetero) is 1. The number of imide groups is 1. The third kappa shape index (κ3) is 25.8. The predicted octanol–water partition coefficient (Wildman–Crippen LogP) is 6.82. The monoisotopic (exact) mass is 1560 g/mol. The lowest BCUT2D eigenvalue weighted by molar-refractivity contribution is -0.148. The highest BCUT2D eigenvalue weighted by Crippen LogP contribution is 2.52. The first-order chi connectivity index (χ1) is 52.1. The van der Waals surface area contributed by atoms with Gasteiger partial charge in [-0.2, -0.15) is 0 Å². The number of carbonyl (C=O) groups is 13. The van der Waals surface area contributed by atoms with Crippen molar-refractivity contribution in [2.75, 3.05) is 79.7 Å². The third-order valence-corrected chi connectivity index (χ3v) is 22.6. The number of benzene rings is 3. The lowest BCUT2D eigenvalue weighted by atomic mass is 9.89. The Bertz CT molecular complexity index is 3700. The number of hydrogen-bond acceptors (Lipinski definition) is 20. The molecule has 110 heavy (non-hydrogen) atoms. The van der Waals surface area contributed by atoms with Gasteiger partial charge in [0.05, 0.1) is 74.5 Å². The molecule has 3 aromatic rings. The number of fused-ring (bicyclic) bond motifs is 1. The van der Waals surface area contributed by atoms with Crippen LogP contribution in [0.4, 0.5) is 15.3 Å². The fraction of sp³-hybridized carbons (Fsp3) is 0.633. The number of likely N-dealkylation sites (N-methyl/N-ethyl adjacent to an activating group) is 2. The summed E-state index contributed by atoms with van der Waals surface area (Å²) in [6.07, 6.45) is -0.456. The van der Waals surface area contributed by atoms with Gasteiger partial charge in [0.15, 0.2) is 5.78 Å². The molecule has 1 saturated carbocycles. The maximum Gasteiger partial charge on any atom is 0.508 e. The van der Waals surface area contributed by atoms with Crippen LogP contribution in [-0.2, 0) is 73.5 Å². The second-order valence-corrected chi connectivity index (χ2v) is 31.8. The molecule has 2 aliphatic heterocycles. The second-order valence-electron chi connectivity index (χ2n) is 30.6. The van der Waals surface area contributed by atoms with E-state index in [1.807, 2.05) is 58.6 Å². The number of carbonyl (C=O) groups excluding carboxylic acids is 12. The number of ketones is 1. The standard InChI is InChI=1S/C79H117N11O19S/c1-16-48(8)69(88(12)76(102)67(46(4)5)86-74(100)68(47(6)7)87(10)11)60(106-14)38-63(93)90-42-56(37-58(90)70(107-15)49(9)71(97)82-41-59(91)53-26-25-52-36-55(105-13)30-27-51(52)35-53)109-78(104)108-43-50-23-28-54(29-24-50)83-72(98)57(21-20-33-81-77(80)103)84-73(99)66(45(2)3)85-62(92)22-18-17-19-34-89-64(94)39-61(75(89)101)110-44-79(31-32-79)40-65(95)96/h23-30,35-36,45-49,56-58,60-61,66-70H,16-22,31-34,37-44H2,1-15H3,(H,82,97)(H,83,98)(H,84,99)(H,85,92)(H,86,100)(H,95,96)(H3,80,81,103)/t48-,49+,56-,57-,58-,60+,61?,66-,67-,68-,69-,70+/m0/s1. The fourth-order valence-electron chi connectivity index (χ4n) is 14.4. The largest absolute Gasteiger partial charge is 0.508 e. The number of nitrogens with two attached hydrogens (primary N) is 1. The molecule has 31 heteroatoms. The van der Waals surface area contributed by atoms with Gasteiger partial charge in [0.2, 0.25) is 53.2 Å². The number of hydrogen-bond donors (Lipinski definition) is 8. The van der Waals surface area contributed by atoms with Gasteiger partial charge >= 0.3 is 18.2 Å². The number of primary amides is 1. The van der Waals surface area contributed by atoms with E-state index in [1.165, 1.54) is 35.8 Å². The molecule has 3 aromatic carbocycles. The SMILES string of the molecule is CC[C@H](C)[C@@H]([C@@H](CC(=O)N1C[C@@H](OC(=O)OCc2ccc(NC(=O)[C@H](CCCNC(N)=O)NC(=O)[C@@H](NC(=O)CCCCCN3C(=O)CC(SCC4(CC(=O)O)CC4)C3=O)C(C)C)cc2)C[C@H]1[C@H](OC)[C@@H](C)C(=O)NCC(=O)c1ccc2cc(OC)ccc2c1)OC)N(C)C(=O)[C@@H](NC(=O)[C@H](C(C)C)N(C)C)C(C)C. The van der Waals surface area contributed by atoms with Gasteiger partial charge in [-0.1, -0.05) is 105 Å². The number of carboxylic acid groups (broad SMARTS) is 1. The molecule has 1 aliphatic carbocycles. The van der Waals surface area contributed by atoms with Crippen molar-refractivity contribution in [1.29, 1.82) is 0 Å². The summed E-state index contributed by atoms with van der Waals surface area (Å²) in [5, 5.41) is 26.9. The number of nitrogens with zero attached hydrogens (tertiary/aromatic N) is 4. The first-order valence-corrected chi connectivity index (χ1v) is 39.1. The molecule has 0 spiro atoms. The van der Waals surface area contributed by atoms with E-state index >= 15 is 4.79 Å². The van der Waals surface area contributed by atoms with E-state index in [2.05, 4.69) is 31.9 Å². The molecule has 3 aliphatic rings. The number of rotatable bonds is 45. The molecular weight excluding hydrogens is 1440 g/mol. The molecule has 3 fully saturated rings. The number of amides is 11. The molecule has 0 radical (unpaired) electrons. The van der Waals surface area contributed by atoms with Crippen molar-refractivity contribution in [3.63, 3.8) is 0 Å². The number of thioether (sulfide) groups is 1. The van der Waals surface area contributed by atoms with Crippen molar-refractivity contribution in [3.8, 4) is 5.75 Å². The molecule has 0 aromatic heterocycles. The van der Waals surface area contributed by atoms with E-state index < -0.39 is 119 Å². The summed E-state index contributed by atoms with van der Waals surface area (Å²) < 4.78 is 29.1. The second kappa shape index (κ2) is 42.5. The van der Waals surface area contributed by atoms with Crippen molar-refractivity contribution < 1.29 is 91.1 Å². The number of likely N-dealkylation sites (tertiary alicyclic amines) is 2. The summed E-state index contributed by atoms with van der Waals surface area (Å²) in [7, 11) is 9.65. The van der Waals surface area contributed by atoms with Gasteiger partial charge in [-0.05, 0) is 128 Å². The highest BCUT2D eigenvalue weighted by Gasteiger charge is 2.49. The Kier molecular flexibility index (Phi) is 34.7. The number of unbranched alkanes of at least 4 members (excludes halogenated alkanes) is 2. The topological polar surface area (TPSA) is 399 Å². The molecule has 12 atom stereocenters. The number of urea groups is 1. The van der Waals surface area contributed by atoms with Crippen LogP contribution >= 0.6 is 11.8 Å². The van der Waals surface area contributed by atoms with Crippen LogP contribution in [0.25, 0.3) is 10.8 Å². The lowest BCUT2D eigenvalue weighted by Gasteiger charge is -2.41. The van der Waals surface area contributed by atoms with Crippen molar-refractivity contribution in [1.82, 2.24) is 46.2 Å². The lowest BCUT2D eigenvalue weighted by Crippen LogP contribution is -2.59. The molecule has 1 unspecified atom stereocenters. The Morgan fingerprint density at radius 2 is 1.42 bits per heavy atom. The zero-order valence-electron chi connectivity index (χ0n) is 66.4. The van der Waals surface area contributed by atoms with Gasteiger partial charge in [0, 0.05) is 70.6 Å². The van der Waals surface area contributed by atoms with Crippen molar-refractivity contribution in [2.24, 2.45) is 40.7 Å². The first kappa shape index (κ1) is 89.9. The first-order valence-electron chi connectivity index (χ1n) is 38.1. The van der Waals surface area contributed by atoms with E-state index in [0.29, 0.717) is 54.0 Å². The van der Waals surface area contributed by atoms with E-state index in [1.54, 1.807) is 102 Å². The van der Waals surface area contributed by atoms with Crippen LogP contribution in [-0.4, -0.2) is 236 Å². The molecule has 9 N–H and O–H groups in total. The van der Waals surface area contributed by atoms with E-state index in [9.17, 15) is 62.6 Å². The minimum atomic E-state index is -1.16. The minimum Gasteiger partial charge on any atom is -0.497 e. The quantitative estimate of drug-likeness (QED) is 0.0124. The van der Waals surface area contributed by atoms with Crippen LogP contribution < -0.4 is 42.4 Å². The normalized spacial score (nSPS) is 18.5. The molecule has 6 rings (SSSR count). The Morgan fingerprint density at radius 3 is 2.02 bits per heavy atom. The van der Waals surface area contributed by atoms with Gasteiger partial charge in [-0.15, -0.1) is 11.8 Å². The van der Waals surface area contributed by atoms with E-state index in [-0.39, 0.29) is 130 Å². The number of ether oxygens (including phenoxy) is 5. The number of nitrogens with one attached hydrogen (secondary N) is 6. The summed E-state index contributed by atoms with van der Waals surface area (Å²) in [5.74, 6) is -6.06. The molecule has 2 saturated heterocycles. The Labute approximate surface area is 649 Å². The smallest absolute Gasteiger partial charge is 0.497 e. The van der Waals surface area contributed by atoms with Crippen LogP contribution in [0.2, 0.25) is 0 Å². The fourth-order valence-corrected chi connectivity index (χ4v) is 15.9. The average Bonchev–Trinajstić information content (AvgIpc) is 1.61. The number of anilines is 1. The predicted molar refractivity (Wildman–Crippen MR) is 414 cm³/mol. The van der Waals surface area contributed by atoms with Crippen LogP contribution in [0.15, 0.2) is 60.7 Å². The Morgan fingerprint density at radius 1 is 0.745 bits per heavy atom. The minimum absolute atomic E-state index is 0.0206. The van der Waals surface area contributed by atoms with Gasteiger partial charge in [0.1, 0.15) is 36.6 Å². The Hall–Kier alpha value is -8.94. The Balaban J connectivity index is 1.10. The van der Waals surface area contributed by atoms with E-state index in [0.717, 1.165) is 23.6 Å². The summed E-state index contributed by atoms with van der Waals surface area (Å²) in [4.78, 5) is 181. The van der Waals surface area contributed by atoms with Crippen LogP contribution in [0.3, 0.4) is 0 Å². The zero-order chi connectivity index (χ0) is 81.4. The zero-order valence-corrected chi connectivity index (χ0v) is 67.3. The highest BCUT2D eigenvalue weighted by atomic mass is 32.2. The molecule has 2 heterocycles. The van der Waals surface area contributed by atoms with Crippen LogP contribution in [0, 0.1) is 35.0 Å². The highest BCUT2D eigenvalue weighted by molar-refractivity contribution is 8.00. The molecular formula is C79H117N11O19S. The number of carboxylic acids is 1. The summed E-state index contributed by atoms with van der Waals surface area (Å²) in [6.45, 7) is 16.0. The molecule has 0 bridgehead atoms. The van der Waals surface area contributed by atoms with Gasteiger partial charge in [-0.25, -0.2) is 9.59 Å². The maximum atomic E-state index is 15.2. The van der Waals surface area contributed by atoms with Crippen molar-refractivity contribution in [3.05, 3.63) is 71.8 Å². The number of methoxy groups -OCH3 is 3. The van der Waals surface area contributed by atoms with Crippen LogP contribution in [0.5, 0.6) is 5.75 Å². The van der Waals surface area contributed by atoms with Crippen LogP contribution in [0.1, 0.15) is 162 Å². The van der Waals surface area contributed by atoms with Gasteiger partial charge < -0.3 is 76.2 Å². The average molecular weight is 1560 g/mol. The maximum absolute atomic E-state index is 15.2. The van der Waals surface area contributed by atoms with Crippen molar-refractivity contribution >= 4 is 105 Å². The third-order valence-electron chi connectivity index (χ3n) is 21.0. The van der Waals surface area contributed by atoms with Gasteiger partial charge in [-0.3, -0.25) is 62.5 Å². The summed E-state index contributed by atoms with van der Waals surface area (Å²) >= 11 is 1.34.